The van der Waals surface area contributed by atoms with E-state index in [1.807, 2.05) is 0 Å². The Labute approximate surface area is 204 Å². The number of piperazine rings is 1. The maximum absolute atomic E-state index is 12.2. The summed E-state index contributed by atoms with van der Waals surface area (Å²) in [6, 6.07) is 23.6. The molecule has 1 N–H and O–H groups in total. The smallest absolute Gasteiger partial charge is 0.0938 e. The molecule has 1 saturated heterocycles. The zero-order valence-electron chi connectivity index (χ0n) is 20.6. The minimum atomic E-state index is -0.822. The number of benzene rings is 3. The van der Waals surface area contributed by atoms with Crippen molar-refractivity contribution < 1.29 is 9.84 Å². The van der Waals surface area contributed by atoms with Gasteiger partial charge in [-0.3, -0.25) is 0 Å². The first-order chi connectivity index (χ1) is 16.5. The second-order valence-corrected chi connectivity index (χ2v) is 10.5. The zero-order chi connectivity index (χ0) is 23.5. The van der Waals surface area contributed by atoms with Gasteiger partial charge >= 0.3 is 0 Å². The van der Waals surface area contributed by atoms with Crippen molar-refractivity contribution in [1.82, 2.24) is 9.80 Å². The minimum Gasteiger partial charge on any atom is -0.385 e. The fourth-order valence-electron chi connectivity index (χ4n) is 5.67. The van der Waals surface area contributed by atoms with Crippen LogP contribution in [-0.4, -0.2) is 60.8 Å². The number of ether oxygens (including phenoxy) is 1. The van der Waals surface area contributed by atoms with Crippen LogP contribution in [0, 0.1) is 12.8 Å². The summed E-state index contributed by atoms with van der Waals surface area (Å²) in [5.74, 6) is 0.147. The normalized spacial score (nSPS) is 26.7. The number of likely N-dealkylation sites (N-methyl/N-ethyl adjacent to an activating group) is 1. The second kappa shape index (κ2) is 10.2. The highest BCUT2D eigenvalue weighted by Crippen LogP contribution is 2.44. The summed E-state index contributed by atoms with van der Waals surface area (Å²) in [7, 11) is 2.19. The topological polar surface area (TPSA) is 35.9 Å². The van der Waals surface area contributed by atoms with Crippen molar-refractivity contribution >= 4 is 10.8 Å². The number of aryl methyl sites for hydroxylation is 1. The van der Waals surface area contributed by atoms with Gasteiger partial charge in [-0.15, -0.1) is 0 Å². The van der Waals surface area contributed by atoms with Crippen LogP contribution in [0.4, 0.5) is 0 Å². The van der Waals surface area contributed by atoms with E-state index in [9.17, 15) is 5.11 Å². The molecule has 2 fully saturated rings. The fourth-order valence-corrected chi connectivity index (χ4v) is 5.67. The van der Waals surface area contributed by atoms with E-state index >= 15 is 0 Å². The monoisotopic (exact) mass is 458 g/mol. The molecule has 0 aromatic heterocycles. The van der Waals surface area contributed by atoms with Crippen LogP contribution in [0.1, 0.15) is 36.0 Å². The van der Waals surface area contributed by atoms with Crippen LogP contribution in [0.15, 0.2) is 66.7 Å². The Kier molecular flexibility index (Phi) is 7.03. The number of hydrogen-bond acceptors (Lipinski definition) is 4. The van der Waals surface area contributed by atoms with Gasteiger partial charge in [-0.2, -0.15) is 0 Å². The first kappa shape index (κ1) is 23.5. The van der Waals surface area contributed by atoms with Crippen molar-refractivity contribution in [2.45, 2.75) is 44.5 Å². The van der Waals surface area contributed by atoms with Crippen LogP contribution in [-0.2, 0) is 16.9 Å². The lowest BCUT2D eigenvalue weighted by atomic mass is 9.70. The Bertz CT molecular complexity index is 1090. The summed E-state index contributed by atoms with van der Waals surface area (Å²) in [6.45, 7) is 7.98. The number of aliphatic hydroxyl groups is 1. The number of hydrogen-bond donors (Lipinski definition) is 1. The average molecular weight is 459 g/mol. The molecule has 1 heterocycles. The predicted octanol–water partition coefficient (Wildman–Crippen LogP) is 4.97. The molecule has 5 rings (SSSR count). The summed E-state index contributed by atoms with van der Waals surface area (Å²) in [6.07, 6.45) is 2.69. The Balaban J connectivity index is 1.35. The molecule has 180 valence electrons. The van der Waals surface area contributed by atoms with Crippen molar-refractivity contribution in [3.63, 3.8) is 0 Å². The van der Waals surface area contributed by atoms with Gasteiger partial charge in [0.05, 0.1) is 18.3 Å². The molecule has 3 atom stereocenters. The van der Waals surface area contributed by atoms with E-state index < -0.39 is 5.60 Å². The average Bonchev–Trinajstić information content (AvgIpc) is 2.86. The van der Waals surface area contributed by atoms with E-state index in [1.54, 1.807) is 0 Å². The van der Waals surface area contributed by atoms with Crippen molar-refractivity contribution in [3.8, 4) is 0 Å². The summed E-state index contributed by atoms with van der Waals surface area (Å²) in [5.41, 5.74) is 2.73. The van der Waals surface area contributed by atoms with Crippen LogP contribution < -0.4 is 0 Å². The van der Waals surface area contributed by atoms with Gasteiger partial charge < -0.3 is 19.6 Å². The third-order valence-corrected chi connectivity index (χ3v) is 8.00. The molecular formula is C30H38N2O2. The molecule has 3 unspecified atom stereocenters. The molecule has 0 spiro atoms. The van der Waals surface area contributed by atoms with Gasteiger partial charge in [-0.05, 0) is 61.2 Å². The Hall–Kier alpha value is -2.24. The maximum Gasteiger partial charge on any atom is 0.0938 e. The first-order valence-corrected chi connectivity index (χ1v) is 12.8. The van der Waals surface area contributed by atoms with Gasteiger partial charge in [0.25, 0.3) is 0 Å². The van der Waals surface area contributed by atoms with Gasteiger partial charge in [-0.25, -0.2) is 0 Å². The maximum atomic E-state index is 12.2. The summed E-state index contributed by atoms with van der Waals surface area (Å²) in [4.78, 5) is 4.93. The highest BCUT2D eigenvalue weighted by Gasteiger charge is 2.44. The minimum absolute atomic E-state index is 0.147. The van der Waals surface area contributed by atoms with Crippen LogP contribution in [0.2, 0.25) is 0 Å². The van der Waals surface area contributed by atoms with Crippen LogP contribution in [0.25, 0.3) is 10.8 Å². The molecule has 1 aliphatic heterocycles. The molecule has 34 heavy (non-hydrogen) atoms. The molecule has 0 amide bonds. The zero-order valence-corrected chi connectivity index (χ0v) is 20.6. The lowest BCUT2D eigenvalue weighted by Crippen LogP contribution is -2.52. The van der Waals surface area contributed by atoms with Gasteiger partial charge in [0.15, 0.2) is 0 Å². The van der Waals surface area contributed by atoms with Gasteiger partial charge in [-0.1, -0.05) is 66.2 Å². The first-order valence-electron chi connectivity index (χ1n) is 12.8. The standard InChI is InChI=1S/C30H38N2O2/c1-23-7-9-24(10-8-23)22-34-29-13-14-30(33,27-12-11-25-5-3-4-6-26(25)19-27)28(20-29)21-32-17-15-31(2)16-18-32/h3-12,19,28-29,33H,13-18,20-22H2,1-2H3. The lowest BCUT2D eigenvalue weighted by Gasteiger charge is -2.46. The molecule has 0 radical (unpaired) electrons. The van der Waals surface area contributed by atoms with E-state index in [0.717, 1.165) is 57.5 Å². The van der Waals surface area contributed by atoms with Crippen LogP contribution in [0.5, 0.6) is 0 Å². The summed E-state index contributed by atoms with van der Waals surface area (Å²) < 4.78 is 6.41. The summed E-state index contributed by atoms with van der Waals surface area (Å²) >= 11 is 0. The molecule has 0 bridgehead atoms. The van der Waals surface area contributed by atoms with E-state index in [2.05, 4.69) is 90.5 Å². The molecule has 4 nitrogen and oxygen atoms in total. The van der Waals surface area contributed by atoms with Gasteiger partial charge in [0, 0.05) is 38.6 Å². The van der Waals surface area contributed by atoms with Gasteiger partial charge in [0.2, 0.25) is 0 Å². The van der Waals surface area contributed by atoms with Crippen LogP contribution in [0.3, 0.4) is 0 Å². The largest absolute Gasteiger partial charge is 0.385 e. The molecule has 1 saturated carbocycles. The number of fused-ring (bicyclic) bond motifs is 1. The number of rotatable bonds is 6. The Morgan fingerprint density at radius 3 is 2.44 bits per heavy atom. The molecule has 3 aromatic carbocycles. The second-order valence-electron chi connectivity index (χ2n) is 10.5. The molecule has 3 aromatic rings. The van der Waals surface area contributed by atoms with Crippen molar-refractivity contribution in [2.24, 2.45) is 5.92 Å². The fraction of sp³-hybridized carbons (Fsp3) is 0.467. The lowest BCUT2D eigenvalue weighted by molar-refractivity contribution is -0.114. The van der Waals surface area contributed by atoms with Crippen molar-refractivity contribution in [2.75, 3.05) is 39.8 Å². The van der Waals surface area contributed by atoms with E-state index in [1.165, 1.54) is 21.9 Å². The Morgan fingerprint density at radius 2 is 1.68 bits per heavy atom. The predicted molar refractivity (Wildman–Crippen MR) is 139 cm³/mol. The highest BCUT2D eigenvalue weighted by atomic mass is 16.5. The molecular weight excluding hydrogens is 420 g/mol. The Morgan fingerprint density at radius 1 is 0.941 bits per heavy atom. The summed E-state index contributed by atoms with van der Waals surface area (Å²) in [5, 5.41) is 14.6. The van der Waals surface area contributed by atoms with Crippen molar-refractivity contribution in [3.05, 3.63) is 83.4 Å². The molecule has 1 aliphatic carbocycles. The SMILES string of the molecule is Cc1ccc(COC2CCC(O)(c3ccc4ccccc4c3)C(CN3CCN(C)CC3)C2)cc1. The molecule has 2 aliphatic rings. The molecule has 4 heteroatoms. The third kappa shape index (κ3) is 5.21. The third-order valence-electron chi connectivity index (χ3n) is 8.00. The number of nitrogens with zero attached hydrogens (tertiary/aromatic N) is 2. The van der Waals surface area contributed by atoms with Crippen LogP contribution >= 0.6 is 0 Å². The quantitative estimate of drug-likeness (QED) is 0.566. The van der Waals surface area contributed by atoms with E-state index in [0.29, 0.717) is 6.61 Å². The van der Waals surface area contributed by atoms with E-state index in [-0.39, 0.29) is 12.0 Å². The van der Waals surface area contributed by atoms with E-state index in [4.69, 9.17) is 4.74 Å². The highest BCUT2D eigenvalue weighted by molar-refractivity contribution is 5.83. The van der Waals surface area contributed by atoms with Crippen molar-refractivity contribution in [1.29, 1.82) is 0 Å². The van der Waals surface area contributed by atoms with Gasteiger partial charge in [0.1, 0.15) is 0 Å².